The van der Waals surface area contributed by atoms with Gasteiger partial charge in [-0.1, -0.05) is 79.9 Å². The van der Waals surface area contributed by atoms with Crippen LogP contribution in [0.3, 0.4) is 0 Å². The maximum Gasteiger partial charge on any atom is 0.239 e. The second-order valence-corrected chi connectivity index (χ2v) is 11.1. The molecule has 1 saturated carbocycles. The first kappa shape index (κ1) is 28.6. The number of aliphatic imine (C=N–C) groups is 1. The molecule has 8 heteroatoms. The van der Waals surface area contributed by atoms with Crippen LogP contribution in [0.1, 0.15) is 74.8 Å². The lowest BCUT2D eigenvalue weighted by atomic mass is 9.77. The molecular formula is C31H44N6O2. The first-order chi connectivity index (χ1) is 19.0. The van der Waals surface area contributed by atoms with Gasteiger partial charge in [-0.3, -0.25) is 14.6 Å². The van der Waals surface area contributed by atoms with Crippen LogP contribution in [0.4, 0.5) is 0 Å². The van der Waals surface area contributed by atoms with Crippen LogP contribution in [0.2, 0.25) is 0 Å². The van der Waals surface area contributed by atoms with Crippen LogP contribution >= 0.6 is 0 Å². The van der Waals surface area contributed by atoms with Crippen molar-refractivity contribution < 1.29 is 9.59 Å². The van der Waals surface area contributed by atoms with Gasteiger partial charge in [-0.05, 0) is 49.7 Å². The van der Waals surface area contributed by atoms with Crippen molar-refractivity contribution in [3.8, 4) is 0 Å². The van der Waals surface area contributed by atoms with Crippen molar-refractivity contribution in [3.05, 3.63) is 71.8 Å². The van der Waals surface area contributed by atoms with Crippen LogP contribution in [0.25, 0.3) is 0 Å². The molecule has 8 nitrogen and oxygen atoms in total. The second kappa shape index (κ2) is 14.1. The Morgan fingerprint density at radius 2 is 1.69 bits per heavy atom. The van der Waals surface area contributed by atoms with E-state index in [9.17, 15) is 9.59 Å². The SMILES string of the molecule is NC(N)=NCCC[C@@H]1N[C@H](CC2(NC=O)CCCCC2)CCN(CC(c2ccccc2)c2ccccc2)C1=O. The summed E-state index contributed by atoms with van der Waals surface area (Å²) in [6, 6.07) is 20.7. The summed E-state index contributed by atoms with van der Waals surface area (Å²) < 4.78 is 0. The number of rotatable bonds is 12. The minimum absolute atomic E-state index is 0.0717. The van der Waals surface area contributed by atoms with E-state index in [2.05, 4.69) is 64.2 Å². The molecule has 1 heterocycles. The third-order valence-corrected chi connectivity index (χ3v) is 8.36. The molecule has 210 valence electrons. The molecule has 1 aliphatic heterocycles. The van der Waals surface area contributed by atoms with Crippen molar-refractivity contribution in [3.63, 3.8) is 0 Å². The van der Waals surface area contributed by atoms with Crippen molar-refractivity contribution in [1.82, 2.24) is 15.5 Å². The number of hydrogen-bond donors (Lipinski definition) is 4. The molecule has 1 saturated heterocycles. The molecule has 2 fully saturated rings. The van der Waals surface area contributed by atoms with Gasteiger partial charge in [-0.15, -0.1) is 0 Å². The summed E-state index contributed by atoms with van der Waals surface area (Å²) in [5, 5.41) is 6.89. The maximum atomic E-state index is 14.0. The minimum atomic E-state index is -0.323. The van der Waals surface area contributed by atoms with Gasteiger partial charge in [0, 0.05) is 37.1 Å². The summed E-state index contributed by atoms with van der Waals surface area (Å²) in [5.74, 6) is 0.277. The Bertz CT molecular complexity index is 1030. The van der Waals surface area contributed by atoms with Crippen molar-refractivity contribution in [2.24, 2.45) is 16.5 Å². The van der Waals surface area contributed by atoms with Crippen molar-refractivity contribution >= 4 is 18.3 Å². The first-order valence-electron chi connectivity index (χ1n) is 14.4. The summed E-state index contributed by atoms with van der Waals surface area (Å²) in [6.45, 7) is 1.78. The molecule has 2 aromatic rings. The molecule has 4 rings (SSSR count). The number of amides is 2. The van der Waals surface area contributed by atoms with Crippen LogP contribution in [0.5, 0.6) is 0 Å². The molecule has 2 amide bonds. The van der Waals surface area contributed by atoms with E-state index in [4.69, 9.17) is 11.5 Å². The molecular weight excluding hydrogens is 488 g/mol. The van der Waals surface area contributed by atoms with Gasteiger partial charge in [0.25, 0.3) is 0 Å². The average Bonchev–Trinajstić information content (AvgIpc) is 3.09. The Labute approximate surface area is 232 Å². The van der Waals surface area contributed by atoms with E-state index < -0.39 is 0 Å². The smallest absolute Gasteiger partial charge is 0.239 e. The largest absolute Gasteiger partial charge is 0.370 e. The highest BCUT2D eigenvalue weighted by atomic mass is 16.2. The van der Waals surface area contributed by atoms with Gasteiger partial charge < -0.3 is 27.0 Å². The summed E-state index contributed by atoms with van der Waals surface area (Å²) in [5.41, 5.74) is 13.2. The molecule has 2 aliphatic rings. The van der Waals surface area contributed by atoms with Gasteiger partial charge in [-0.25, -0.2) is 0 Å². The third-order valence-electron chi connectivity index (χ3n) is 8.36. The fourth-order valence-corrected chi connectivity index (χ4v) is 6.36. The molecule has 0 aromatic heterocycles. The second-order valence-electron chi connectivity index (χ2n) is 11.1. The highest BCUT2D eigenvalue weighted by Crippen LogP contribution is 2.34. The Morgan fingerprint density at radius 3 is 2.28 bits per heavy atom. The molecule has 6 N–H and O–H groups in total. The molecule has 0 radical (unpaired) electrons. The molecule has 0 bridgehead atoms. The van der Waals surface area contributed by atoms with Crippen molar-refractivity contribution in [1.29, 1.82) is 0 Å². The Hall–Kier alpha value is -3.39. The lowest BCUT2D eigenvalue weighted by molar-refractivity contribution is -0.133. The Morgan fingerprint density at radius 1 is 1.05 bits per heavy atom. The molecule has 0 unspecified atom stereocenters. The fraction of sp³-hybridized carbons (Fsp3) is 0.516. The van der Waals surface area contributed by atoms with E-state index in [0.29, 0.717) is 32.5 Å². The van der Waals surface area contributed by atoms with Crippen molar-refractivity contribution in [2.75, 3.05) is 19.6 Å². The Kier molecular flexibility index (Phi) is 10.4. The number of benzene rings is 2. The van der Waals surface area contributed by atoms with E-state index >= 15 is 0 Å². The average molecular weight is 533 g/mol. The summed E-state index contributed by atoms with van der Waals surface area (Å²) in [4.78, 5) is 31.7. The predicted molar refractivity (Wildman–Crippen MR) is 156 cm³/mol. The molecule has 39 heavy (non-hydrogen) atoms. The molecule has 2 atom stereocenters. The van der Waals surface area contributed by atoms with Crippen LogP contribution in [-0.2, 0) is 9.59 Å². The number of carbonyl (C=O) groups excluding carboxylic acids is 2. The number of carbonyl (C=O) groups is 2. The number of hydrogen-bond acceptors (Lipinski definition) is 4. The lowest BCUT2D eigenvalue weighted by Gasteiger charge is -2.40. The van der Waals surface area contributed by atoms with E-state index in [1.54, 1.807) is 0 Å². The van der Waals surface area contributed by atoms with E-state index in [-0.39, 0.29) is 35.4 Å². The number of nitrogens with two attached hydrogens (primary N) is 2. The van der Waals surface area contributed by atoms with Gasteiger partial charge in [0.15, 0.2) is 5.96 Å². The number of nitrogens with zero attached hydrogens (tertiary/aromatic N) is 2. The lowest BCUT2D eigenvalue weighted by Crippen LogP contribution is -2.53. The topological polar surface area (TPSA) is 126 Å². The zero-order valence-electron chi connectivity index (χ0n) is 22.9. The minimum Gasteiger partial charge on any atom is -0.370 e. The summed E-state index contributed by atoms with van der Waals surface area (Å²) in [7, 11) is 0. The van der Waals surface area contributed by atoms with Crippen LogP contribution in [0, 0.1) is 0 Å². The molecule has 0 spiro atoms. The van der Waals surface area contributed by atoms with Crippen LogP contribution in [-0.4, -0.2) is 60.4 Å². The molecule has 1 aliphatic carbocycles. The van der Waals surface area contributed by atoms with Gasteiger partial charge in [0.1, 0.15) is 0 Å². The van der Waals surface area contributed by atoms with E-state index in [1.165, 1.54) is 17.5 Å². The van der Waals surface area contributed by atoms with Gasteiger partial charge in [-0.2, -0.15) is 0 Å². The number of guanidine groups is 1. The molecule has 2 aromatic carbocycles. The maximum absolute atomic E-state index is 14.0. The monoisotopic (exact) mass is 532 g/mol. The first-order valence-corrected chi connectivity index (χ1v) is 14.4. The van der Waals surface area contributed by atoms with E-state index in [1.807, 2.05) is 17.0 Å². The third kappa shape index (κ3) is 8.05. The number of nitrogens with one attached hydrogen (secondary N) is 2. The zero-order valence-corrected chi connectivity index (χ0v) is 22.9. The predicted octanol–water partition coefficient (Wildman–Crippen LogP) is 3.27. The highest BCUT2D eigenvalue weighted by molar-refractivity contribution is 5.82. The quantitative estimate of drug-likeness (QED) is 0.144. The zero-order chi connectivity index (χ0) is 27.5. The Balaban J connectivity index is 1.56. The van der Waals surface area contributed by atoms with E-state index in [0.717, 1.165) is 44.9 Å². The van der Waals surface area contributed by atoms with Gasteiger partial charge in [0.05, 0.1) is 6.04 Å². The highest BCUT2D eigenvalue weighted by Gasteiger charge is 2.38. The van der Waals surface area contributed by atoms with Gasteiger partial charge in [0.2, 0.25) is 12.3 Å². The fourth-order valence-electron chi connectivity index (χ4n) is 6.36. The summed E-state index contributed by atoms with van der Waals surface area (Å²) in [6.07, 6.45) is 9.32. The van der Waals surface area contributed by atoms with Crippen LogP contribution in [0.15, 0.2) is 65.7 Å². The standard InChI is InChI=1S/C31H44N6O2/c32-30(33)34-19-10-15-28-29(39)37(20-16-26(36-28)21-31(35-23-38)17-8-3-9-18-31)22-27(24-11-4-1-5-12-24)25-13-6-2-7-14-25/h1-2,4-7,11-14,23,26-28,36H,3,8-10,15-22H2,(H,35,38)(H4,32,33,34)/t26-,28-/m0/s1. The van der Waals surface area contributed by atoms with Crippen LogP contribution < -0.4 is 22.1 Å². The summed E-state index contributed by atoms with van der Waals surface area (Å²) >= 11 is 0. The van der Waals surface area contributed by atoms with Crippen molar-refractivity contribution in [2.45, 2.75) is 81.3 Å². The van der Waals surface area contributed by atoms with Gasteiger partial charge >= 0.3 is 0 Å². The normalized spacial score (nSPS) is 21.3.